The Labute approximate surface area is 140 Å². The van der Waals surface area contributed by atoms with Crippen molar-refractivity contribution >= 4 is 11.8 Å². The van der Waals surface area contributed by atoms with Gasteiger partial charge in [-0.1, -0.05) is 36.4 Å². The molecule has 0 amide bonds. The van der Waals surface area contributed by atoms with E-state index < -0.39 is 0 Å². The lowest BCUT2D eigenvalue weighted by Crippen LogP contribution is -2.36. The molecular formula is C18H21N3OS. The van der Waals surface area contributed by atoms with Crippen molar-refractivity contribution in [3.8, 4) is 5.69 Å². The van der Waals surface area contributed by atoms with E-state index in [0.717, 1.165) is 35.1 Å². The molecule has 0 atom stereocenters. The van der Waals surface area contributed by atoms with Crippen LogP contribution in [0.4, 0.5) is 0 Å². The van der Waals surface area contributed by atoms with Gasteiger partial charge in [0.1, 0.15) is 0 Å². The van der Waals surface area contributed by atoms with Gasteiger partial charge in [0.25, 0.3) is 5.56 Å². The number of hydrogen-bond acceptors (Lipinski definition) is 4. The third-order valence-electron chi connectivity index (χ3n) is 4.73. The first kappa shape index (κ1) is 15.0. The van der Waals surface area contributed by atoms with Crippen molar-refractivity contribution in [2.45, 2.75) is 42.6 Å². The van der Waals surface area contributed by atoms with E-state index in [-0.39, 0.29) is 5.56 Å². The van der Waals surface area contributed by atoms with E-state index >= 15 is 0 Å². The highest BCUT2D eigenvalue weighted by Crippen LogP contribution is 2.36. The summed E-state index contributed by atoms with van der Waals surface area (Å²) in [7, 11) is 2.06. The minimum atomic E-state index is 0.106. The van der Waals surface area contributed by atoms with Crippen LogP contribution in [-0.2, 0) is 13.0 Å². The molecule has 4 nitrogen and oxygen atoms in total. The molecule has 2 aromatic rings. The third-order valence-corrected chi connectivity index (χ3v) is 6.02. The van der Waals surface area contributed by atoms with Crippen molar-refractivity contribution in [1.29, 1.82) is 0 Å². The van der Waals surface area contributed by atoms with Crippen LogP contribution in [0.25, 0.3) is 5.69 Å². The summed E-state index contributed by atoms with van der Waals surface area (Å²) in [5, 5.41) is 1.48. The number of aromatic nitrogens is 2. The Bertz CT molecular complexity index is 768. The van der Waals surface area contributed by atoms with Crippen molar-refractivity contribution in [2.24, 2.45) is 0 Å². The Morgan fingerprint density at radius 1 is 1.22 bits per heavy atom. The van der Waals surface area contributed by atoms with E-state index in [0.29, 0.717) is 11.8 Å². The fourth-order valence-corrected chi connectivity index (χ4v) is 4.43. The molecule has 0 saturated heterocycles. The maximum Gasteiger partial charge on any atom is 0.263 e. The number of hydrogen-bond donors (Lipinski definition) is 0. The monoisotopic (exact) mass is 327 g/mol. The third kappa shape index (κ3) is 2.83. The molecule has 0 spiro atoms. The Kier molecular flexibility index (Phi) is 3.99. The van der Waals surface area contributed by atoms with E-state index in [1.807, 2.05) is 34.9 Å². The summed E-state index contributed by atoms with van der Waals surface area (Å²) < 4.78 is 1.82. The second kappa shape index (κ2) is 6.13. The van der Waals surface area contributed by atoms with Gasteiger partial charge >= 0.3 is 0 Å². The fourth-order valence-electron chi connectivity index (χ4n) is 3.11. The number of fused-ring (bicyclic) bond motifs is 1. The zero-order valence-corrected chi connectivity index (χ0v) is 14.2. The molecule has 1 aromatic carbocycles. The van der Waals surface area contributed by atoms with Gasteiger partial charge in [0, 0.05) is 24.8 Å². The Balaban J connectivity index is 1.86. The van der Waals surface area contributed by atoms with Gasteiger partial charge in [-0.05, 0) is 32.0 Å². The maximum atomic E-state index is 13.2. The first-order valence-corrected chi connectivity index (χ1v) is 9.16. The lowest BCUT2D eigenvalue weighted by Gasteiger charge is -2.28. The van der Waals surface area contributed by atoms with Gasteiger partial charge in [0.2, 0.25) is 0 Å². The van der Waals surface area contributed by atoms with Crippen LogP contribution < -0.4 is 5.56 Å². The van der Waals surface area contributed by atoms with Crippen LogP contribution in [0.2, 0.25) is 0 Å². The molecule has 23 heavy (non-hydrogen) atoms. The summed E-state index contributed by atoms with van der Waals surface area (Å²) in [6.45, 7) is 1.67. The summed E-state index contributed by atoms with van der Waals surface area (Å²) >= 11 is 1.78. The highest BCUT2D eigenvalue weighted by molar-refractivity contribution is 7.99. The first-order valence-electron chi connectivity index (χ1n) is 8.28. The topological polar surface area (TPSA) is 38.1 Å². The summed E-state index contributed by atoms with van der Waals surface area (Å²) in [5.41, 5.74) is 2.89. The Hall–Kier alpha value is -1.59. The first-order chi connectivity index (χ1) is 11.2. The quantitative estimate of drug-likeness (QED) is 0.813. The second-order valence-corrected chi connectivity index (χ2v) is 7.72. The molecule has 120 valence electrons. The van der Waals surface area contributed by atoms with Crippen LogP contribution in [0.15, 0.2) is 40.3 Å². The second-order valence-electron chi connectivity index (χ2n) is 6.45. The largest absolute Gasteiger partial charge is 0.301 e. The van der Waals surface area contributed by atoms with E-state index in [1.54, 1.807) is 11.8 Å². The van der Waals surface area contributed by atoms with Gasteiger partial charge in [0.05, 0.1) is 16.9 Å². The number of nitrogens with zero attached hydrogens (tertiary/aromatic N) is 3. The average molecular weight is 327 g/mol. The predicted octanol–water partition coefficient (Wildman–Crippen LogP) is 2.87. The minimum absolute atomic E-state index is 0.106. The van der Waals surface area contributed by atoms with Crippen LogP contribution >= 0.6 is 11.8 Å². The van der Waals surface area contributed by atoms with Crippen LogP contribution in [0, 0.1) is 0 Å². The molecule has 0 radical (unpaired) electrons. The maximum absolute atomic E-state index is 13.2. The van der Waals surface area contributed by atoms with Crippen LogP contribution in [0.3, 0.4) is 0 Å². The number of likely N-dealkylation sites (N-methyl/N-ethyl adjacent to an activating group) is 1. The highest BCUT2D eigenvalue weighted by atomic mass is 32.2. The molecule has 2 aliphatic rings. The molecule has 0 unspecified atom stereocenters. The zero-order chi connectivity index (χ0) is 15.8. The normalized spacial score (nSPS) is 18.5. The van der Waals surface area contributed by atoms with Crippen molar-refractivity contribution in [2.75, 3.05) is 13.6 Å². The van der Waals surface area contributed by atoms with Crippen LogP contribution in [-0.4, -0.2) is 33.3 Å². The summed E-state index contributed by atoms with van der Waals surface area (Å²) in [5.74, 6) is 0. The molecule has 5 heteroatoms. The zero-order valence-electron chi connectivity index (χ0n) is 13.4. The smallest absolute Gasteiger partial charge is 0.263 e. The molecule has 0 bridgehead atoms. The van der Waals surface area contributed by atoms with Crippen molar-refractivity contribution < 1.29 is 0 Å². The number of thioether (sulfide) groups is 1. The van der Waals surface area contributed by atoms with Gasteiger partial charge in [-0.25, -0.2) is 4.98 Å². The molecule has 1 saturated carbocycles. The standard InChI is InChI=1S/C18H21N3OS/c1-20-11-10-16-15(12-20)17(22)21(13-6-3-2-4-7-13)18(19-16)23-14-8-5-9-14/h2-4,6-7,14H,5,8-12H2,1H3. The molecule has 1 fully saturated rings. The van der Waals surface area contributed by atoms with Crippen molar-refractivity contribution in [3.63, 3.8) is 0 Å². The van der Waals surface area contributed by atoms with Gasteiger partial charge in [-0.3, -0.25) is 9.36 Å². The summed E-state index contributed by atoms with van der Waals surface area (Å²) in [6.07, 6.45) is 4.63. The molecule has 4 rings (SSSR count). The van der Waals surface area contributed by atoms with Crippen molar-refractivity contribution in [3.05, 3.63) is 51.9 Å². The Morgan fingerprint density at radius 3 is 2.70 bits per heavy atom. The molecule has 1 aliphatic carbocycles. The van der Waals surface area contributed by atoms with E-state index in [4.69, 9.17) is 4.98 Å². The summed E-state index contributed by atoms with van der Waals surface area (Å²) in [4.78, 5) is 20.3. The summed E-state index contributed by atoms with van der Waals surface area (Å²) in [6, 6.07) is 9.92. The number of benzene rings is 1. The van der Waals surface area contributed by atoms with Gasteiger partial charge < -0.3 is 4.90 Å². The lowest BCUT2D eigenvalue weighted by atomic mass is 10.0. The fraction of sp³-hybridized carbons (Fsp3) is 0.444. The molecular weight excluding hydrogens is 306 g/mol. The van der Waals surface area contributed by atoms with Gasteiger partial charge in [0.15, 0.2) is 5.16 Å². The van der Waals surface area contributed by atoms with Crippen LogP contribution in [0.1, 0.15) is 30.5 Å². The molecule has 1 aromatic heterocycles. The molecule has 2 heterocycles. The van der Waals surface area contributed by atoms with E-state index in [2.05, 4.69) is 11.9 Å². The van der Waals surface area contributed by atoms with Crippen LogP contribution in [0.5, 0.6) is 0 Å². The van der Waals surface area contributed by atoms with Gasteiger partial charge in [-0.2, -0.15) is 0 Å². The number of rotatable bonds is 3. The van der Waals surface area contributed by atoms with E-state index in [1.165, 1.54) is 19.3 Å². The van der Waals surface area contributed by atoms with Gasteiger partial charge in [-0.15, -0.1) is 0 Å². The molecule has 0 N–H and O–H groups in total. The average Bonchev–Trinajstić information content (AvgIpc) is 2.53. The Morgan fingerprint density at radius 2 is 2.00 bits per heavy atom. The number of para-hydroxylation sites is 1. The van der Waals surface area contributed by atoms with Crippen molar-refractivity contribution in [1.82, 2.24) is 14.5 Å². The molecule has 1 aliphatic heterocycles. The minimum Gasteiger partial charge on any atom is -0.301 e. The lowest BCUT2D eigenvalue weighted by molar-refractivity contribution is 0.305. The highest BCUT2D eigenvalue weighted by Gasteiger charge is 2.26. The van der Waals surface area contributed by atoms with E-state index in [9.17, 15) is 4.79 Å². The SMILES string of the molecule is CN1CCc2nc(SC3CCC3)n(-c3ccccc3)c(=O)c2C1. The predicted molar refractivity (Wildman–Crippen MR) is 93.4 cm³/mol.